The van der Waals surface area contributed by atoms with Gasteiger partial charge in [-0.1, -0.05) is 43.3 Å². The number of rotatable bonds is 10. The average molecular weight is 595 g/mol. The van der Waals surface area contributed by atoms with Gasteiger partial charge in [0.2, 0.25) is 0 Å². The Morgan fingerprint density at radius 1 is 1.05 bits per heavy atom. The normalized spacial score (nSPS) is 17.2. The molecule has 0 saturated heterocycles. The van der Waals surface area contributed by atoms with Crippen LogP contribution < -0.4 is 14.8 Å². The molecule has 1 aliphatic rings. The lowest BCUT2D eigenvalue weighted by Crippen LogP contribution is -2.49. The summed E-state index contributed by atoms with van der Waals surface area (Å²) in [6.07, 6.45) is 2.78. The van der Waals surface area contributed by atoms with E-state index in [-0.39, 0.29) is 36.5 Å². The molecule has 2 N–H and O–H groups in total. The van der Waals surface area contributed by atoms with Gasteiger partial charge in [-0.3, -0.25) is 19.5 Å². The molecule has 2 amide bonds. The minimum Gasteiger partial charge on any atom is -0.486 e. The van der Waals surface area contributed by atoms with Gasteiger partial charge in [0.15, 0.2) is 5.75 Å². The molecule has 0 saturated carbocycles. The van der Waals surface area contributed by atoms with Crippen LogP contribution in [0.15, 0.2) is 97.3 Å². The Labute approximate surface area is 258 Å². The fraction of sp³-hybridized carbons (Fsp3) is 0.286. The first-order valence-corrected chi connectivity index (χ1v) is 14.8. The van der Waals surface area contributed by atoms with Gasteiger partial charge >= 0.3 is 0 Å². The summed E-state index contributed by atoms with van der Waals surface area (Å²) in [6, 6.07) is 25.7. The molecule has 4 aromatic rings. The zero-order valence-electron chi connectivity index (χ0n) is 25.2. The van der Waals surface area contributed by atoms with Gasteiger partial charge in [0.1, 0.15) is 17.6 Å². The van der Waals surface area contributed by atoms with Crippen LogP contribution in [0.5, 0.6) is 17.2 Å². The van der Waals surface area contributed by atoms with Gasteiger partial charge in [0.05, 0.1) is 23.9 Å². The Bertz CT molecular complexity index is 1550. The molecule has 44 heavy (non-hydrogen) atoms. The SMILES string of the molecule is C[C@@H]1CN([C@H](C)CO)C(=O)c2cccc(NC(=O)c3ccncc3)c2O[C@H]1CN(C)Cc1ccc(Oc2ccccc2)cc1. The Balaban J connectivity index is 1.36. The summed E-state index contributed by atoms with van der Waals surface area (Å²) in [7, 11) is 2.03. The van der Waals surface area contributed by atoms with Crippen LogP contribution in [0.3, 0.4) is 0 Å². The highest BCUT2D eigenvalue weighted by atomic mass is 16.5. The molecule has 9 nitrogen and oxygen atoms in total. The van der Waals surface area contributed by atoms with Crippen LogP contribution in [-0.4, -0.2) is 70.6 Å². The van der Waals surface area contributed by atoms with E-state index in [1.807, 2.05) is 75.5 Å². The maximum Gasteiger partial charge on any atom is 0.258 e. The molecule has 0 bridgehead atoms. The van der Waals surface area contributed by atoms with Crippen LogP contribution >= 0.6 is 0 Å². The van der Waals surface area contributed by atoms with Crippen molar-refractivity contribution in [3.8, 4) is 17.2 Å². The molecule has 0 radical (unpaired) electrons. The van der Waals surface area contributed by atoms with Crippen molar-refractivity contribution in [1.82, 2.24) is 14.8 Å². The molecule has 3 atom stereocenters. The number of amides is 2. The smallest absolute Gasteiger partial charge is 0.258 e. The quantitative estimate of drug-likeness (QED) is 0.251. The second-order valence-electron chi connectivity index (χ2n) is 11.3. The van der Waals surface area contributed by atoms with Crippen molar-refractivity contribution in [1.29, 1.82) is 0 Å². The van der Waals surface area contributed by atoms with Crippen LogP contribution in [0.4, 0.5) is 5.69 Å². The van der Waals surface area contributed by atoms with E-state index in [9.17, 15) is 14.7 Å². The molecule has 5 rings (SSSR count). The number of aliphatic hydroxyl groups excluding tert-OH is 1. The van der Waals surface area contributed by atoms with Gasteiger partial charge in [-0.2, -0.15) is 0 Å². The molecule has 1 aliphatic heterocycles. The maximum atomic E-state index is 13.7. The molecule has 3 aromatic carbocycles. The topological polar surface area (TPSA) is 104 Å². The second kappa shape index (κ2) is 14.2. The first kappa shape index (κ1) is 30.7. The molecule has 9 heteroatoms. The van der Waals surface area contributed by atoms with E-state index in [4.69, 9.17) is 9.47 Å². The summed E-state index contributed by atoms with van der Waals surface area (Å²) in [5.41, 5.74) is 2.30. The number of aliphatic hydroxyl groups is 1. The lowest BCUT2D eigenvalue weighted by molar-refractivity contribution is 0.0343. The average Bonchev–Trinajstić information content (AvgIpc) is 3.04. The third-order valence-electron chi connectivity index (χ3n) is 7.73. The van der Waals surface area contributed by atoms with E-state index < -0.39 is 0 Å². The van der Waals surface area contributed by atoms with E-state index in [0.717, 1.165) is 17.1 Å². The van der Waals surface area contributed by atoms with E-state index in [0.29, 0.717) is 42.2 Å². The fourth-order valence-corrected chi connectivity index (χ4v) is 5.23. The van der Waals surface area contributed by atoms with Crippen molar-refractivity contribution in [2.75, 3.05) is 32.1 Å². The van der Waals surface area contributed by atoms with Crippen molar-refractivity contribution in [2.45, 2.75) is 32.5 Å². The van der Waals surface area contributed by atoms with Crippen LogP contribution in [0, 0.1) is 5.92 Å². The number of aromatic nitrogens is 1. The number of carbonyl (C=O) groups is 2. The number of hydrogen-bond acceptors (Lipinski definition) is 7. The van der Waals surface area contributed by atoms with Crippen molar-refractivity contribution in [3.05, 3.63) is 114 Å². The molecule has 0 unspecified atom stereocenters. The zero-order chi connectivity index (χ0) is 31.1. The number of likely N-dealkylation sites (N-methyl/N-ethyl adjacent to an activating group) is 1. The predicted molar refractivity (Wildman–Crippen MR) is 169 cm³/mol. The Hall–Kier alpha value is -4.73. The lowest BCUT2D eigenvalue weighted by atomic mass is 9.98. The van der Waals surface area contributed by atoms with Crippen LogP contribution in [0.25, 0.3) is 0 Å². The molecule has 228 valence electrons. The zero-order valence-corrected chi connectivity index (χ0v) is 25.2. The largest absolute Gasteiger partial charge is 0.486 e. The number of carbonyl (C=O) groups excluding carboxylic acids is 2. The number of nitrogens with zero attached hydrogens (tertiary/aromatic N) is 3. The summed E-state index contributed by atoms with van der Waals surface area (Å²) < 4.78 is 12.6. The Morgan fingerprint density at radius 3 is 2.45 bits per heavy atom. The highest BCUT2D eigenvalue weighted by Crippen LogP contribution is 2.35. The van der Waals surface area contributed by atoms with Crippen LogP contribution in [-0.2, 0) is 6.54 Å². The van der Waals surface area contributed by atoms with Gasteiger partial charge in [-0.15, -0.1) is 0 Å². The standard InChI is InChI=1S/C35H38N4O5/c1-24-20-39(25(2)23-40)35(42)30-10-7-11-31(37-34(41)27-16-18-36-19-17-27)33(30)44-32(24)22-38(3)21-26-12-14-29(15-13-26)43-28-8-5-4-6-9-28/h4-19,24-25,32,40H,20-23H2,1-3H3,(H,37,41)/t24-,25-,32+/m1/s1. The Morgan fingerprint density at radius 2 is 1.75 bits per heavy atom. The van der Waals surface area contributed by atoms with Gasteiger partial charge in [0, 0.05) is 43.5 Å². The van der Waals surface area contributed by atoms with Crippen molar-refractivity contribution in [2.24, 2.45) is 5.92 Å². The fourth-order valence-electron chi connectivity index (χ4n) is 5.23. The van der Waals surface area contributed by atoms with Gasteiger partial charge in [0.25, 0.3) is 11.8 Å². The van der Waals surface area contributed by atoms with E-state index in [1.54, 1.807) is 47.6 Å². The molecule has 0 aliphatic carbocycles. The first-order chi connectivity index (χ1) is 21.3. The molecular weight excluding hydrogens is 556 g/mol. The maximum absolute atomic E-state index is 13.7. The first-order valence-electron chi connectivity index (χ1n) is 14.8. The highest BCUT2D eigenvalue weighted by molar-refractivity contribution is 6.07. The monoisotopic (exact) mass is 594 g/mol. The number of benzene rings is 3. The highest BCUT2D eigenvalue weighted by Gasteiger charge is 2.34. The second-order valence-corrected chi connectivity index (χ2v) is 11.3. The lowest BCUT2D eigenvalue weighted by Gasteiger charge is -2.38. The molecule has 2 heterocycles. The molecule has 0 fully saturated rings. The summed E-state index contributed by atoms with van der Waals surface area (Å²) in [5.74, 6) is 1.21. The van der Waals surface area contributed by atoms with Gasteiger partial charge in [-0.05, 0) is 68.1 Å². The van der Waals surface area contributed by atoms with Gasteiger partial charge in [-0.25, -0.2) is 0 Å². The molecule has 1 aromatic heterocycles. The van der Waals surface area contributed by atoms with Crippen LogP contribution in [0.2, 0.25) is 0 Å². The Kier molecular flexibility index (Phi) is 9.89. The molecular formula is C35H38N4O5. The third-order valence-corrected chi connectivity index (χ3v) is 7.73. The van der Waals surface area contributed by atoms with Crippen LogP contribution in [0.1, 0.15) is 40.1 Å². The molecule has 0 spiro atoms. The number of nitrogens with one attached hydrogen (secondary N) is 1. The predicted octanol–water partition coefficient (Wildman–Crippen LogP) is 5.48. The summed E-state index contributed by atoms with van der Waals surface area (Å²) in [4.78, 5) is 34.7. The number of fused-ring (bicyclic) bond motifs is 1. The number of ether oxygens (including phenoxy) is 2. The van der Waals surface area contributed by atoms with Gasteiger partial charge < -0.3 is 24.8 Å². The van der Waals surface area contributed by atoms with E-state index in [1.165, 1.54) is 0 Å². The number of hydrogen-bond donors (Lipinski definition) is 2. The third kappa shape index (κ3) is 7.42. The van der Waals surface area contributed by atoms with E-state index >= 15 is 0 Å². The van der Waals surface area contributed by atoms with Crippen molar-refractivity contribution < 1.29 is 24.2 Å². The number of para-hydroxylation sites is 2. The number of anilines is 1. The minimum atomic E-state index is -0.388. The summed E-state index contributed by atoms with van der Waals surface area (Å²) in [5, 5.41) is 12.9. The van der Waals surface area contributed by atoms with Crippen molar-refractivity contribution >= 4 is 17.5 Å². The van der Waals surface area contributed by atoms with Crippen molar-refractivity contribution in [3.63, 3.8) is 0 Å². The van der Waals surface area contributed by atoms with E-state index in [2.05, 4.69) is 15.2 Å². The number of pyridine rings is 1. The summed E-state index contributed by atoms with van der Waals surface area (Å²) >= 11 is 0. The summed E-state index contributed by atoms with van der Waals surface area (Å²) in [6.45, 7) is 5.35. The minimum absolute atomic E-state index is 0.0749.